The van der Waals surface area contributed by atoms with Gasteiger partial charge in [0.1, 0.15) is 5.76 Å². The molecule has 160 valence electrons. The number of hydrogen-bond acceptors (Lipinski definition) is 4. The van der Waals surface area contributed by atoms with E-state index in [-0.39, 0.29) is 11.3 Å². The molecule has 1 unspecified atom stereocenters. The topological polar surface area (TPSA) is 52.8 Å². The predicted octanol–water partition coefficient (Wildman–Crippen LogP) is 5.43. The molecule has 0 saturated carbocycles. The van der Waals surface area contributed by atoms with E-state index in [1.165, 1.54) is 11.1 Å². The Morgan fingerprint density at radius 2 is 1.90 bits per heavy atom. The first kappa shape index (κ1) is 21.0. The molecule has 0 bridgehead atoms. The fourth-order valence-electron chi connectivity index (χ4n) is 3.90. The van der Waals surface area contributed by atoms with E-state index < -0.39 is 0 Å². The summed E-state index contributed by atoms with van der Waals surface area (Å²) in [4.78, 5) is 4.29. The molecule has 0 N–H and O–H groups in total. The molecule has 1 aromatic carbocycles. The van der Waals surface area contributed by atoms with Crippen molar-refractivity contribution in [2.75, 3.05) is 7.11 Å². The summed E-state index contributed by atoms with van der Waals surface area (Å²) in [7, 11) is 1.72. The lowest BCUT2D eigenvalue weighted by Crippen LogP contribution is -2.11. The molecule has 0 fully saturated rings. The minimum absolute atomic E-state index is 0.152. The van der Waals surface area contributed by atoms with Crippen LogP contribution in [0.3, 0.4) is 0 Å². The molecule has 5 nitrogen and oxygen atoms in total. The molecule has 1 aliphatic rings. The van der Waals surface area contributed by atoms with Crippen LogP contribution < -0.4 is 0 Å². The van der Waals surface area contributed by atoms with E-state index >= 15 is 0 Å². The Balaban J connectivity index is 1.49. The third-order valence-corrected chi connectivity index (χ3v) is 5.72. The molecule has 0 aliphatic heterocycles. The molecular formula is C26H30N4O. The standard InChI is InChI=1S/C26H30N4O/c1-18-14-20(12-13-27-18)23-11-8-21(15-25(23)31-5)24-17-30(29-28-24)16-19-6-9-22(10-7-19)26(2,3)4/h6-7,9-15,17,21H,8,16H2,1-5H3. The van der Waals surface area contributed by atoms with Gasteiger partial charge in [0, 0.05) is 29.6 Å². The molecule has 5 heteroatoms. The highest BCUT2D eigenvalue weighted by Gasteiger charge is 2.21. The van der Waals surface area contributed by atoms with Crippen LogP contribution in [0.4, 0.5) is 0 Å². The van der Waals surface area contributed by atoms with Crippen LogP contribution in [-0.2, 0) is 16.7 Å². The van der Waals surface area contributed by atoms with E-state index in [2.05, 4.69) is 78.6 Å². The summed E-state index contributed by atoms with van der Waals surface area (Å²) < 4.78 is 7.62. The van der Waals surface area contributed by atoms with Crippen molar-refractivity contribution in [1.29, 1.82) is 0 Å². The van der Waals surface area contributed by atoms with Crippen molar-refractivity contribution in [2.45, 2.75) is 52.0 Å². The summed E-state index contributed by atoms with van der Waals surface area (Å²) in [5.74, 6) is 1.02. The zero-order valence-electron chi connectivity index (χ0n) is 19.0. The molecule has 0 spiro atoms. The number of hydrogen-bond donors (Lipinski definition) is 0. The van der Waals surface area contributed by atoms with Crippen molar-refractivity contribution in [2.24, 2.45) is 0 Å². The van der Waals surface area contributed by atoms with E-state index in [0.29, 0.717) is 6.54 Å². The largest absolute Gasteiger partial charge is 0.496 e. The molecule has 2 heterocycles. The Labute approximate surface area is 184 Å². The van der Waals surface area contributed by atoms with E-state index in [1.807, 2.05) is 30.1 Å². The average molecular weight is 415 g/mol. The Morgan fingerprint density at radius 1 is 1.13 bits per heavy atom. The maximum Gasteiger partial charge on any atom is 0.123 e. The summed E-state index contributed by atoms with van der Waals surface area (Å²) in [6, 6.07) is 12.9. The van der Waals surface area contributed by atoms with Gasteiger partial charge in [-0.05, 0) is 53.7 Å². The van der Waals surface area contributed by atoms with Crippen LogP contribution in [0.25, 0.3) is 5.57 Å². The molecule has 0 radical (unpaired) electrons. The van der Waals surface area contributed by atoms with Gasteiger partial charge in [-0.1, -0.05) is 56.3 Å². The first-order chi connectivity index (χ1) is 14.8. The van der Waals surface area contributed by atoms with Gasteiger partial charge in [-0.15, -0.1) is 5.10 Å². The molecule has 0 amide bonds. The summed E-state index contributed by atoms with van der Waals surface area (Å²) in [6.07, 6.45) is 9.12. The van der Waals surface area contributed by atoms with Crippen LogP contribution in [0.2, 0.25) is 0 Å². The molecule has 3 aromatic rings. The third-order valence-electron chi connectivity index (χ3n) is 5.72. The van der Waals surface area contributed by atoms with Gasteiger partial charge in [0.05, 0.1) is 19.3 Å². The van der Waals surface area contributed by atoms with Crippen LogP contribution in [0.15, 0.2) is 66.7 Å². The third kappa shape index (κ3) is 4.76. The van der Waals surface area contributed by atoms with Crippen molar-refractivity contribution < 1.29 is 4.74 Å². The van der Waals surface area contributed by atoms with Crippen molar-refractivity contribution in [3.8, 4) is 0 Å². The lowest BCUT2D eigenvalue weighted by molar-refractivity contribution is 0.306. The second kappa shape index (κ2) is 8.50. The Bertz CT molecular complexity index is 1120. The highest BCUT2D eigenvalue weighted by Crippen LogP contribution is 2.35. The molecule has 2 aromatic heterocycles. The quantitative estimate of drug-likeness (QED) is 0.559. The van der Waals surface area contributed by atoms with Crippen molar-refractivity contribution in [3.05, 3.63) is 94.8 Å². The lowest BCUT2D eigenvalue weighted by Gasteiger charge is -2.20. The number of nitrogens with zero attached hydrogens (tertiary/aromatic N) is 4. The van der Waals surface area contributed by atoms with Gasteiger partial charge < -0.3 is 4.74 Å². The number of aromatic nitrogens is 4. The second-order valence-electron chi connectivity index (χ2n) is 9.17. The number of rotatable bonds is 5. The smallest absolute Gasteiger partial charge is 0.123 e. The van der Waals surface area contributed by atoms with E-state index in [0.717, 1.165) is 34.7 Å². The molecule has 31 heavy (non-hydrogen) atoms. The number of aryl methyl sites for hydroxylation is 1. The van der Waals surface area contributed by atoms with Crippen LogP contribution in [0.5, 0.6) is 0 Å². The summed E-state index contributed by atoms with van der Waals surface area (Å²) in [5, 5.41) is 8.81. The zero-order chi connectivity index (χ0) is 22.0. The SMILES string of the molecule is COC1=CC(c2cn(Cc3ccc(C(C)(C)C)cc3)nn2)CC=C1c1ccnc(C)c1. The second-order valence-corrected chi connectivity index (χ2v) is 9.17. The summed E-state index contributed by atoms with van der Waals surface area (Å²) in [5.41, 5.74) is 6.90. The monoisotopic (exact) mass is 414 g/mol. The van der Waals surface area contributed by atoms with Crippen LogP contribution in [0.1, 0.15) is 61.2 Å². The Hall–Kier alpha value is -3.21. The fraction of sp³-hybridized carbons (Fsp3) is 0.346. The minimum atomic E-state index is 0.152. The maximum absolute atomic E-state index is 5.71. The van der Waals surface area contributed by atoms with Gasteiger partial charge >= 0.3 is 0 Å². The Morgan fingerprint density at radius 3 is 2.58 bits per heavy atom. The first-order valence-corrected chi connectivity index (χ1v) is 10.7. The zero-order valence-corrected chi connectivity index (χ0v) is 19.0. The number of allylic oxidation sites excluding steroid dienone is 3. The highest BCUT2D eigenvalue weighted by molar-refractivity contribution is 5.78. The molecule has 1 aliphatic carbocycles. The van der Waals surface area contributed by atoms with Gasteiger partial charge in [0.15, 0.2) is 0 Å². The number of pyridine rings is 1. The van der Waals surface area contributed by atoms with Crippen molar-refractivity contribution in [1.82, 2.24) is 20.0 Å². The first-order valence-electron chi connectivity index (χ1n) is 10.7. The van der Waals surface area contributed by atoms with Gasteiger partial charge in [-0.2, -0.15) is 0 Å². The average Bonchev–Trinajstić information content (AvgIpc) is 3.21. The number of benzene rings is 1. The molecule has 1 atom stereocenters. The van der Waals surface area contributed by atoms with Gasteiger partial charge in [-0.3, -0.25) is 4.98 Å². The highest BCUT2D eigenvalue weighted by atomic mass is 16.5. The van der Waals surface area contributed by atoms with E-state index in [9.17, 15) is 0 Å². The maximum atomic E-state index is 5.71. The lowest BCUT2D eigenvalue weighted by atomic mass is 9.87. The summed E-state index contributed by atoms with van der Waals surface area (Å²) in [6.45, 7) is 9.40. The summed E-state index contributed by atoms with van der Waals surface area (Å²) >= 11 is 0. The number of ether oxygens (including phenoxy) is 1. The normalized spacial score (nSPS) is 16.6. The van der Waals surface area contributed by atoms with E-state index in [1.54, 1.807) is 7.11 Å². The van der Waals surface area contributed by atoms with Gasteiger partial charge in [-0.25, -0.2) is 4.68 Å². The van der Waals surface area contributed by atoms with Crippen LogP contribution >= 0.6 is 0 Å². The predicted molar refractivity (Wildman–Crippen MR) is 124 cm³/mol. The van der Waals surface area contributed by atoms with Crippen LogP contribution in [-0.4, -0.2) is 27.1 Å². The minimum Gasteiger partial charge on any atom is -0.496 e. The van der Waals surface area contributed by atoms with Crippen LogP contribution in [0, 0.1) is 6.92 Å². The molecule has 0 saturated heterocycles. The van der Waals surface area contributed by atoms with Crippen molar-refractivity contribution >= 4 is 5.57 Å². The fourth-order valence-corrected chi connectivity index (χ4v) is 3.90. The van der Waals surface area contributed by atoms with Crippen molar-refractivity contribution in [3.63, 3.8) is 0 Å². The molecule has 4 rings (SSSR count). The van der Waals surface area contributed by atoms with E-state index in [4.69, 9.17) is 4.74 Å². The van der Waals surface area contributed by atoms with Gasteiger partial charge in [0.2, 0.25) is 0 Å². The molecular weight excluding hydrogens is 384 g/mol. The van der Waals surface area contributed by atoms with Gasteiger partial charge in [0.25, 0.3) is 0 Å². The Kier molecular flexibility index (Phi) is 5.77. The number of methoxy groups -OCH3 is 1.